The molecule has 0 spiro atoms. The van der Waals surface area contributed by atoms with Crippen molar-refractivity contribution in [2.24, 2.45) is 0 Å². The summed E-state index contributed by atoms with van der Waals surface area (Å²) in [4.78, 5) is 38.1. The minimum absolute atomic E-state index is 0.0122. The fourth-order valence-electron chi connectivity index (χ4n) is 2.09. The second-order valence-electron chi connectivity index (χ2n) is 4.75. The summed E-state index contributed by atoms with van der Waals surface area (Å²) in [5.41, 5.74) is 0.325. The summed E-state index contributed by atoms with van der Waals surface area (Å²) in [6.45, 7) is -0.654. The predicted molar refractivity (Wildman–Crippen MR) is 92.0 cm³/mol. The molecule has 3 N–H and O–H groups in total. The number of aliphatic carboxylic acids is 1. The summed E-state index contributed by atoms with van der Waals surface area (Å²) >= 11 is 2.19. The molecule has 0 aliphatic rings. The molecule has 0 unspecified atom stereocenters. The van der Waals surface area contributed by atoms with E-state index in [1.807, 2.05) is 0 Å². The van der Waals surface area contributed by atoms with Crippen LogP contribution in [0.25, 0.3) is 10.1 Å². The van der Waals surface area contributed by atoms with E-state index in [4.69, 9.17) is 9.84 Å². The maximum absolute atomic E-state index is 12.2. The third kappa shape index (κ3) is 3.59. The van der Waals surface area contributed by atoms with Gasteiger partial charge in [0.05, 0.1) is 0 Å². The van der Waals surface area contributed by atoms with Gasteiger partial charge in [-0.1, -0.05) is 0 Å². The van der Waals surface area contributed by atoms with Crippen molar-refractivity contribution in [3.8, 4) is 5.75 Å². The molecule has 2 aromatic heterocycles. The smallest absolute Gasteiger partial charge is 0.349 e. The van der Waals surface area contributed by atoms with Crippen molar-refractivity contribution in [1.82, 2.24) is 4.98 Å². The Balaban J connectivity index is 1.96. The van der Waals surface area contributed by atoms with Crippen molar-refractivity contribution in [1.29, 1.82) is 0 Å². The lowest BCUT2D eigenvalue weighted by molar-refractivity contribution is -0.139. The highest BCUT2D eigenvalue weighted by Gasteiger charge is 2.21. The van der Waals surface area contributed by atoms with Gasteiger partial charge in [-0.15, -0.1) is 22.7 Å². The van der Waals surface area contributed by atoms with Crippen LogP contribution in [-0.2, 0) is 4.79 Å². The topological polar surface area (TPSA) is 126 Å². The number of nitrogens with zero attached hydrogens (tertiary/aromatic N) is 1. The number of anilines is 1. The molecule has 0 radical (unpaired) electrons. The molecule has 3 rings (SSSR count). The summed E-state index contributed by atoms with van der Waals surface area (Å²) in [7, 11) is 0. The van der Waals surface area contributed by atoms with Gasteiger partial charge in [-0.25, -0.2) is 14.6 Å². The number of benzene rings is 1. The van der Waals surface area contributed by atoms with E-state index in [0.717, 1.165) is 11.3 Å². The van der Waals surface area contributed by atoms with Crippen molar-refractivity contribution in [3.63, 3.8) is 0 Å². The molecule has 1 aromatic carbocycles. The molecule has 128 valence electrons. The van der Waals surface area contributed by atoms with E-state index < -0.39 is 18.5 Å². The summed E-state index contributed by atoms with van der Waals surface area (Å²) in [6, 6.07) is 4.58. The van der Waals surface area contributed by atoms with Crippen LogP contribution in [-0.4, -0.2) is 39.6 Å². The summed E-state index contributed by atoms with van der Waals surface area (Å²) in [5, 5.41) is 23.3. The van der Waals surface area contributed by atoms with E-state index in [9.17, 15) is 19.5 Å². The van der Waals surface area contributed by atoms with Crippen molar-refractivity contribution in [3.05, 3.63) is 40.2 Å². The quantitative estimate of drug-likeness (QED) is 0.602. The van der Waals surface area contributed by atoms with Crippen molar-refractivity contribution < 1.29 is 29.3 Å². The number of thiophene rings is 1. The zero-order chi connectivity index (χ0) is 18.0. The van der Waals surface area contributed by atoms with Crippen LogP contribution < -0.4 is 10.1 Å². The average molecular weight is 378 g/mol. The van der Waals surface area contributed by atoms with Crippen LogP contribution in [0.2, 0.25) is 0 Å². The molecule has 1 amide bonds. The van der Waals surface area contributed by atoms with Gasteiger partial charge in [0, 0.05) is 27.2 Å². The van der Waals surface area contributed by atoms with Gasteiger partial charge in [0.25, 0.3) is 5.91 Å². The summed E-state index contributed by atoms with van der Waals surface area (Å²) in [5.74, 6) is -2.83. The maximum atomic E-state index is 12.2. The Kier molecular flexibility index (Phi) is 4.63. The standard InChI is InChI=1S/C15H10N2O6S2/c18-10(19)6-23-11-8-2-1-7(5-9(8)25-12(11)14(21)22)13(20)17-15-16-3-4-24-15/h1-5H,6H2,(H,18,19)(H,21,22)(H,16,17,20). The van der Waals surface area contributed by atoms with E-state index in [-0.39, 0.29) is 16.5 Å². The van der Waals surface area contributed by atoms with Crippen LogP contribution in [0, 0.1) is 0 Å². The molecule has 10 heteroatoms. The number of ether oxygens (including phenoxy) is 1. The molecule has 2 heterocycles. The molecular weight excluding hydrogens is 368 g/mol. The first-order chi connectivity index (χ1) is 12.0. The highest BCUT2D eigenvalue weighted by Crippen LogP contribution is 2.38. The summed E-state index contributed by atoms with van der Waals surface area (Å²) < 4.78 is 5.62. The Morgan fingerprint density at radius 2 is 2.04 bits per heavy atom. The highest BCUT2D eigenvalue weighted by atomic mass is 32.1. The second kappa shape index (κ2) is 6.87. The Morgan fingerprint density at radius 3 is 2.68 bits per heavy atom. The third-order valence-electron chi connectivity index (χ3n) is 3.09. The molecule has 0 aliphatic carbocycles. The number of nitrogens with one attached hydrogen (secondary N) is 1. The fraction of sp³-hybridized carbons (Fsp3) is 0.0667. The minimum Gasteiger partial charge on any atom is -0.479 e. The molecule has 0 fully saturated rings. The fourth-order valence-corrected chi connectivity index (χ4v) is 3.64. The number of hydrogen-bond acceptors (Lipinski definition) is 7. The minimum atomic E-state index is -1.23. The van der Waals surface area contributed by atoms with Gasteiger partial charge in [-0.05, 0) is 18.2 Å². The normalized spacial score (nSPS) is 10.6. The third-order valence-corrected chi connectivity index (χ3v) is 4.90. The van der Waals surface area contributed by atoms with Gasteiger partial charge in [0.1, 0.15) is 0 Å². The lowest BCUT2D eigenvalue weighted by Crippen LogP contribution is -2.11. The second-order valence-corrected chi connectivity index (χ2v) is 6.70. The van der Waals surface area contributed by atoms with Gasteiger partial charge in [-0.2, -0.15) is 0 Å². The number of hydrogen-bond donors (Lipinski definition) is 3. The summed E-state index contributed by atoms with van der Waals surface area (Å²) in [6.07, 6.45) is 1.56. The number of carbonyl (C=O) groups is 3. The Labute approximate surface area is 148 Å². The van der Waals surface area contributed by atoms with Crippen LogP contribution >= 0.6 is 22.7 Å². The van der Waals surface area contributed by atoms with Crippen molar-refractivity contribution >= 4 is 55.7 Å². The van der Waals surface area contributed by atoms with Crippen molar-refractivity contribution in [2.75, 3.05) is 11.9 Å². The molecule has 0 atom stereocenters. The molecule has 0 aliphatic heterocycles. The number of aromatic carboxylic acids is 1. The van der Waals surface area contributed by atoms with Crippen LogP contribution in [0.4, 0.5) is 5.13 Å². The van der Waals surface area contributed by atoms with E-state index in [1.165, 1.54) is 29.5 Å². The average Bonchev–Trinajstić information content (AvgIpc) is 3.19. The number of carbonyl (C=O) groups excluding carboxylic acids is 1. The first kappa shape index (κ1) is 16.9. The number of rotatable bonds is 6. The number of thiazole rings is 1. The SMILES string of the molecule is O=C(O)COc1c(C(=O)O)sc2cc(C(=O)Nc3nccs3)ccc12. The van der Waals surface area contributed by atoms with Gasteiger partial charge >= 0.3 is 11.9 Å². The van der Waals surface area contributed by atoms with Gasteiger partial charge in [-0.3, -0.25) is 10.1 Å². The van der Waals surface area contributed by atoms with Gasteiger partial charge in [0.15, 0.2) is 22.4 Å². The molecule has 8 nitrogen and oxygen atoms in total. The molecule has 3 aromatic rings. The molecule has 0 saturated carbocycles. The van der Waals surface area contributed by atoms with Gasteiger partial charge < -0.3 is 14.9 Å². The van der Waals surface area contributed by atoms with E-state index in [0.29, 0.717) is 20.8 Å². The highest BCUT2D eigenvalue weighted by molar-refractivity contribution is 7.21. The lowest BCUT2D eigenvalue weighted by Gasteiger charge is -2.04. The number of fused-ring (bicyclic) bond motifs is 1. The zero-order valence-corrected chi connectivity index (χ0v) is 14.0. The zero-order valence-electron chi connectivity index (χ0n) is 12.4. The number of carboxylic acid groups (broad SMARTS) is 2. The largest absolute Gasteiger partial charge is 0.479 e. The Hall–Kier alpha value is -2.98. The molecule has 0 saturated heterocycles. The van der Waals surface area contributed by atoms with E-state index in [1.54, 1.807) is 11.6 Å². The lowest BCUT2D eigenvalue weighted by atomic mass is 10.1. The van der Waals surface area contributed by atoms with Gasteiger partial charge in [0.2, 0.25) is 0 Å². The first-order valence-electron chi connectivity index (χ1n) is 6.81. The molecule has 25 heavy (non-hydrogen) atoms. The number of amides is 1. The first-order valence-corrected chi connectivity index (χ1v) is 8.50. The maximum Gasteiger partial charge on any atom is 0.349 e. The van der Waals surface area contributed by atoms with Crippen LogP contribution in [0.5, 0.6) is 5.75 Å². The van der Waals surface area contributed by atoms with Crippen LogP contribution in [0.3, 0.4) is 0 Å². The van der Waals surface area contributed by atoms with E-state index >= 15 is 0 Å². The monoisotopic (exact) mass is 378 g/mol. The predicted octanol–water partition coefficient (Wildman–Crippen LogP) is 2.77. The number of aromatic nitrogens is 1. The molecular formula is C15H10N2O6S2. The Morgan fingerprint density at radius 1 is 1.24 bits per heavy atom. The van der Waals surface area contributed by atoms with Crippen LogP contribution in [0.15, 0.2) is 29.8 Å². The molecule has 0 bridgehead atoms. The van der Waals surface area contributed by atoms with Crippen molar-refractivity contribution in [2.45, 2.75) is 0 Å². The van der Waals surface area contributed by atoms with Crippen LogP contribution in [0.1, 0.15) is 20.0 Å². The Bertz CT molecular complexity index is 964. The van der Waals surface area contributed by atoms with E-state index in [2.05, 4.69) is 10.3 Å². The number of carboxylic acids is 2.